The maximum absolute atomic E-state index is 12.6. The van der Waals surface area contributed by atoms with E-state index in [0.29, 0.717) is 5.69 Å². The molecule has 0 fully saturated rings. The minimum absolute atomic E-state index is 0.491. The second kappa shape index (κ2) is 5.29. The third-order valence-corrected chi connectivity index (χ3v) is 3.26. The highest BCUT2D eigenvalue weighted by molar-refractivity contribution is 5.69. The van der Waals surface area contributed by atoms with Crippen molar-refractivity contribution in [3.05, 3.63) is 60.4 Å². The van der Waals surface area contributed by atoms with Crippen LogP contribution in [0.4, 0.5) is 13.2 Å². The zero-order valence-corrected chi connectivity index (χ0v) is 11.7. The Morgan fingerprint density at radius 3 is 2.23 bits per heavy atom. The van der Waals surface area contributed by atoms with Gasteiger partial charge in [0.1, 0.15) is 0 Å². The summed E-state index contributed by atoms with van der Waals surface area (Å²) in [5.74, 6) is 0. The number of rotatable bonds is 2. The maximum atomic E-state index is 12.6. The lowest BCUT2D eigenvalue weighted by atomic mass is 10.1. The van der Waals surface area contributed by atoms with Crippen LogP contribution in [0.15, 0.2) is 54.9 Å². The smallest absolute Gasteiger partial charge is 0.275 e. The number of hydrogen-bond acceptors (Lipinski definition) is 2. The van der Waals surface area contributed by atoms with Gasteiger partial charge in [-0.3, -0.25) is 9.67 Å². The molecule has 2 heterocycles. The van der Waals surface area contributed by atoms with E-state index in [1.54, 1.807) is 4.68 Å². The first-order valence-corrected chi connectivity index (χ1v) is 6.57. The Morgan fingerprint density at radius 1 is 0.955 bits per heavy atom. The highest BCUT2D eigenvalue weighted by Gasteiger charge is 2.30. The molecule has 3 aromatic rings. The summed E-state index contributed by atoms with van der Waals surface area (Å²) in [6.45, 7) is 0. The average molecular weight is 303 g/mol. The molecule has 3 rings (SSSR count). The molecule has 112 valence electrons. The molecule has 0 atom stereocenters. The van der Waals surface area contributed by atoms with Gasteiger partial charge in [0, 0.05) is 30.6 Å². The first-order chi connectivity index (χ1) is 10.4. The fraction of sp³-hybridized carbons (Fsp3) is 0.125. The van der Waals surface area contributed by atoms with Gasteiger partial charge in [-0.2, -0.15) is 18.3 Å². The van der Waals surface area contributed by atoms with Gasteiger partial charge in [0.15, 0.2) is 0 Å². The Bertz CT molecular complexity index is 789. The number of halogens is 3. The Kier molecular flexibility index (Phi) is 3.44. The van der Waals surface area contributed by atoms with E-state index in [4.69, 9.17) is 0 Å². The van der Waals surface area contributed by atoms with Gasteiger partial charge < -0.3 is 0 Å². The highest BCUT2D eigenvalue weighted by atomic mass is 19.4. The van der Waals surface area contributed by atoms with Crippen LogP contribution in [0.2, 0.25) is 0 Å². The second-order valence-corrected chi connectivity index (χ2v) is 4.89. The van der Waals surface area contributed by atoms with Gasteiger partial charge in [0.25, 0.3) is 0 Å². The van der Waals surface area contributed by atoms with Crippen LogP contribution < -0.4 is 0 Å². The molecule has 0 bridgehead atoms. The Labute approximate surface area is 125 Å². The summed E-state index contributed by atoms with van der Waals surface area (Å²) in [5, 5.41) is 4.31. The van der Waals surface area contributed by atoms with Gasteiger partial charge in [-0.1, -0.05) is 18.2 Å². The standard InChI is InChI=1S/C16H12F3N3/c1-22-8-7-15(21-22)12-4-2-3-11(9-12)14-6-5-13(10-20-14)16(17,18)19/h2-10H,1H3. The summed E-state index contributed by atoms with van der Waals surface area (Å²) in [5.41, 5.74) is 2.18. The third kappa shape index (κ3) is 2.86. The molecule has 0 radical (unpaired) electrons. The van der Waals surface area contributed by atoms with Crippen LogP contribution in [0, 0.1) is 0 Å². The second-order valence-electron chi connectivity index (χ2n) is 4.89. The van der Waals surface area contributed by atoms with E-state index < -0.39 is 11.7 Å². The van der Waals surface area contributed by atoms with Gasteiger partial charge in [-0.25, -0.2) is 0 Å². The van der Waals surface area contributed by atoms with E-state index in [0.717, 1.165) is 29.1 Å². The normalized spacial score (nSPS) is 11.6. The molecule has 22 heavy (non-hydrogen) atoms. The molecule has 0 N–H and O–H groups in total. The first-order valence-electron chi connectivity index (χ1n) is 6.57. The summed E-state index contributed by atoms with van der Waals surface area (Å²) < 4.78 is 39.4. The zero-order chi connectivity index (χ0) is 15.7. The summed E-state index contributed by atoms with van der Waals surface area (Å²) >= 11 is 0. The van der Waals surface area contributed by atoms with E-state index in [1.165, 1.54) is 6.07 Å². The minimum atomic E-state index is -4.37. The fourth-order valence-electron chi connectivity index (χ4n) is 2.14. The molecule has 0 saturated heterocycles. The van der Waals surface area contributed by atoms with E-state index in [-0.39, 0.29) is 0 Å². The number of benzene rings is 1. The van der Waals surface area contributed by atoms with E-state index in [9.17, 15) is 13.2 Å². The molecule has 1 aromatic carbocycles. The van der Waals surface area contributed by atoms with Crippen LogP contribution in [0.3, 0.4) is 0 Å². The van der Waals surface area contributed by atoms with Crippen molar-refractivity contribution in [1.29, 1.82) is 0 Å². The molecule has 6 heteroatoms. The van der Waals surface area contributed by atoms with Crippen LogP contribution in [0.5, 0.6) is 0 Å². The van der Waals surface area contributed by atoms with Gasteiger partial charge >= 0.3 is 6.18 Å². The molecule has 2 aromatic heterocycles. The SMILES string of the molecule is Cn1ccc(-c2cccc(-c3ccc(C(F)(F)F)cn3)c2)n1. The molecule has 0 aliphatic heterocycles. The average Bonchev–Trinajstić information content (AvgIpc) is 2.93. The molecule has 0 saturated carbocycles. The minimum Gasteiger partial charge on any atom is -0.275 e. The van der Waals surface area contributed by atoms with Crippen molar-refractivity contribution in [2.75, 3.05) is 0 Å². The maximum Gasteiger partial charge on any atom is 0.417 e. The van der Waals surface area contributed by atoms with E-state index in [1.807, 2.05) is 43.6 Å². The number of hydrogen-bond donors (Lipinski definition) is 0. The van der Waals surface area contributed by atoms with Crippen molar-refractivity contribution >= 4 is 0 Å². The lowest BCUT2D eigenvalue weighted by Gasteiger charge is -2.07. The van der Waals surface area contributed by atoms with Crippen molar-refractivity contribution < 1.29 is 13.2 Å². The molecule has 0 unspecified atom stereocenters. The predicted octanol–water partition coefficient (Wildman–Crippen LogP) is 4.17. The van der Waals surface area contributed by atoms with Crippen LogP contribution in [-0.4, -0.2) is 14.8 Å². The highest BCUT2D eigenvalue weighted by Crippen LogP contribution is 2.30. The van der Waals surface area contributed by atoms with E-state index >= 15 is 0 Å². The number of nitrogens with zero attached hydrogens (tertiary/aromatic N) is 3. The Balaban J connectivity index is 1.95. The first kappa shape index (κ1) is 14.3. The molecular formula is C16H12F3N3. The lowest BCUT2D eigenvalue weighted by molar-refractivity contribution is -0.137. The Hall–Kier alpha value is -2.63. The predicted molar refractivity (Wildman–Crippen MR) is 76.9 cm³/mol. The third-order valence-electron chi connectivity index (χ3n) is 3.26. The number of aryl methyl sites for hydroxylation is 1. The molecule has 3 nitrogen and oxygen atoms in total. The zero-order valence-electron chi connectivity index (χ0n) is 11.7. The molecule has 0 amide bonds. The van der Waals surface area contributed by atoms with Crippen LogP contribution in [0.25, 0.3) is 22.5 Å². The number of aromatic nitrogens is 3. The van der Waals surface area contributed by atoms with Crippen molar-refractivity contribution in [3.63, 3.8) is 0 Å². The molecule has 0 aliphatic carbocycles. The summed E-state index contributed by atoms with van der Waals surface area (Å²) in [6.07, 6.45) is -1.69. The van der Waals surface area contributed by atoms with Gasteiger partial charge in [-0.05, 0) is 24.3 Å². The monoisotopic (exact) mass is 303 g/mol. The molecular weight excluding hydrogens is 291 g/mol. The van der Waals surface area contributed by atoms with E-state index in [2.05, 4.69) is 10.1 Å². The van der Waals surface area contributed by atoms with Crippen molar-refractivity contribution in [2.45, 2.75) is 6.18 Å². The topological polar surface area (TPSA) is 30.7 Å². The number of alkyl halides is 3. The Morgan fingerprint density at radius 2 is 1.68 bits per heavy atom. The van der Waals surface area contributed by atoms with Gasteiger partial charge in [0.05, 0.1) is 17.0 Å². The van der Waals surface area contributed by atoms with Crippen molar-refractivity contribution in [1.82, 2.24) is 14.8 Å². The lowest BCUT2D eigenvalue weighted by Crippen LogP contribution is -2.05. The number of pyridine rings is 1. The van der Waals surface area contributed by atoms with Crippen molar-refractivity contribution in [2.24, 2.45) is 7.05 Å². The quantitative estimate of drug-likeness (QED) is 0.711. The molecule has 0 spiro atoms. The summed E-state index contributed by atoms with van der Waals surface area (Å²) in [6, 6.07) is 11.7. The largest absolute Gasteiger partial charge is 0.417 e. The fourth-order valence-corrected chi connectivity index (χ4v) is 2.14. The summed E-state index contributed by atoms with van der Waals surface area (Å²) in [7, 11) is 1.82. The van der Waals surface area contributed by atoms with Crippen LogP contribution in [0.1, 0.15) is 5.56 Å². The van der Waals surface area contributed by atoms with Crippen LogP contribution in [-0.2, 0) is 13.2 Å². The van der Waals surface area contributed by atoms with Gasteiger partial charge in [-0.15, -0.1) is 0 Å². The summed E-state index contributed by atoms with van der Waals surface area (Å²) in [4.78, 5) is 3.91. The van der Waals surface area contributed by atoms with Gasteiger partial charge in [0.2, 0.25) is 0 Å². The molecule has 0 aliphatic rings. The van der Waals surface area contributed by atoms with Crippen molar-refractivity contribution in [3.8, 4) is 22.5 Å². The van der Waals surface area contributed by atoms with Crippen LogP contribution >= 0.6 is 0 Å².